The highest BCUT2D eigenvalue weighted by Gasteiger charge is 2.22. The summed E-state index contributed by atoms with van der Waals surface area (Å²) in [6, 6.07) is 7.84. The van der Waals surface area contributed by atoms with Crippen molar-refractivity contribution in [1.29, 1.82) is 0 Å². The molecule has 0 aliphatic carbocycles. The van der Waals surface area contributed by atoms with Gasteiger partial charge in [-0.3, -0.25) is 0 Å². The van der Waals surface area contributed by atoms with Crippen LogP contribution in [0.5, 0.6) is 5.75 Å². The van der Waals surface area contributed by atoms with Gasteiger partial charge in [-0.25, -0.2) is 4.79 Å². The van der Waals surface area contributed by atoms with Crippen LogP contribution in [0.2, 0.25) is 0 Å². The van der Waals surface area contributed by atoms with E-state index in [2.05, 4.69) is 5.32 Å². The van der Waals surface area contributed by atoms with E-state index in [0.29, 0.717) is 25.6 Å². The molecule has 122 valence electrons. The molecule has 1 aliphatic heterocycles. The Morgan fingerprint density at radius 1 is 1.36 bits per heavy atom. The standard InChI is InChI=1S/C17H26N2O3/c1-13-3-5-16(6-4-13)22-14(2)11-18-17(21)19-9-7-15(12-20)8-10-19/h3-6,14-15,20H,7-12H2,1-2H3,(H,18,21)/t14-/m1/s1. The van der Waals surface area contributed by atoms with Crippen LogP contribution in [0.4, 0.5) is 4.79 Å². The van der Waals surface area contributed by atoms with Crippen molar-refractivity contribution >= 4 is 6.03 Å². The Morgan fingerprint density at radius 2 is 2.00 bits per heavy atom. The molecule has 1 atom stereocenters. The number of nitrogens with one attached hydrogen (secondary N) is 1. The number of carbonyl (C=O) groups is 1. The molecule has 2 N–H and O–H groups in total. The number of hydrogen-bond donors (Lipinski definition) is 2. The summed E-state index contributed by atoms with van der Waals surface area (Å²) >= 11 is 0. The molecule has 1 fully saturated rings. The lowest BCUT2D eigenvalue weighted by Gasteiger charge is -2.31. The van der Waals surface area contributed by atoms with Crippen molar-refractivity contribution in [2.45, 2.75) is 32.8 Å². The van der Waals surface area contributed by atoms with E-state index in [4.69, 9.17) is 9.84 Å². The van der Waals surface area contributed by atoms with Gasteiger partial charge in [-0.2, -0.15) is 0 Å². The summed E-state index contributed by atoms with van der Waals surface area (Å²) < 4.78 is 5.78. The molecule has 2 rings (SSSR count). The molecule has 1 aromatic rings. The summed E-state index contributed by atoms with van der Waals surface area (Å²) in [5, 5.41) is 12.0. The molecule has 0 spiro atoms. The van der Waals surface area contributed by atoms with E-state index >= 15 is 0 Å². The zero-order valence-corrected chi connectivity index (χ0v) is 13.4. The minimum absolute atomic E-state index is 0.0456. The van der Waals surface area contributed by atoms with Crippen molar-refractivity contribution in [1.82, 2.24) is 10.2 Å². The van der Waals surface area contributed by atoms with Gasteiger partial charge >= 0.3 is 6.03 Å². The van der Waals surface area contributed by atoms with Crippen molar-refractivity contribution in [3.8, 4) is 5.75 Å². The first-order valence-corrected chi connectivity index (χ1v) is 7.95. The van der Waals surface area contributed by atoms with E-state index in [0.717, 1.165) is 18.6 Å². The van der Waals surface area contributed by atoms with Gasteiger partial charge in [-0.15, -0.1) is 0 Å². The number of urea groups is 1. The van der Waals surface area contributed by atoms with Gasteiger partial charge in [0, 0.05) is 19.7 Å². The lowest BCUT2D eigenvalue weighted by atomic mass is 9.98. The fraction of sp³-hybridized carbons (Fsp3) is 0.588. The topological polar surface area (TPSA) is 61.8 Å². The first-order valence-electron chi connectivity index (χ1n) is 7.95. The van der Waals surface area contributed by atoms with Gasteiger partial charge in [0.25, 0.3) is 0 Å². The molecule has 1 saturated heterocycles. The van der Waals surface area contributed by atoms with E-state index in [9.17, 15) is 4.79 Å². The van der Waals surface area contributed by atoms with Crippen LogP contribution in [0.15, 0.2) is 24.3 Å². The number of likely N-dealkylation sites (tertiary alicyclic amines) is 1. The van der Waals surface area contributed by atoms with E-state index in [-0.39, 0.29) is 18.7 Å². The molecule has 0 aromatic heterocycles. The monoisotopic (exact) mass is 306 g/mol. The molecule has 1 heterocycles. The number of hydrogen-bond acceptors (Lipinski definition) is 3. The Bertz CT molecular complexity index is 467. The fourth-order valence-corrected chi connectivity index (χ4v) is 2.55. The van der Waals surface area contributed by atoms with Crippen LogP contribution in [0, 0.1) is 12.8 Å². The second-order valence-electron chi connectivity index (χ2n) is 6.04. The first-order chi connectivity index (χ1) is 10.6. The normalized spacial score (nSPS) is 17.1. The number of aliphatic hydroxyl groups is 1. The van der Waals surface area contributed by atoms with Crippen LogP contribution in [0.25, 0.3) is 0 Å². The van der Waals surface area contributed by atoms with Crippen LogP contribution in [-0.2, 0) is 0 Å². The van der Waals surface area contributed by atoms with E-state index < -0.39 is 0 Å². The van der Waals surface area contributed by atoms with Gasteiger partial charge in [0.1, 0.15) is 11.9 Å². The van der Waals surface area contributed by atoms with Crippen molar-refractivity contribution < 1.29 is 14.6 Å². The molecule has 1 aromatic carbocycles. The van der Waals surface area contributed by atoms with Gasteiger partial charge in [-0.1, -0.05) is 17.7 Å². The number of amides is 2. The summed E-state index contributed by atoms with van der Waals surface area (Å²) in [7, 11) is 0. The van der Waals surface area contributed by atoms with Crippen LogP contribution in [0.3, 0.4) is 0 Å². The average Bonchev–Trinajstić information content (AvgIpc) is 2.55. The number of benzene rings is 1. The summed E-state index contributed by atoms with van der Waals surface area (Å²) in [4.78, 5) is 13.9. The predicted octanol–water partition coefficient (Wildman–Crippen LogP) is 2.18. The first kappa shape index (κ1) is 16.6. The van der Waals surface area contributed by atoms with Crippen molar-refractivity contribution in [2.75, 3.05) is 26.2 Å². The molecule has 1 aliphatic rings. The molecular formula is C17H26N2O3. The van der Waals surface area contributed by atoms with Gasteiger partial charge in [0.05, 0.1) is 6.54 Å². The third kappa shape index (κ3) is 4.91. The Morgan fingerprint density at radius 3 is 2.59 bits per heavy atom. The van der Waals surface area contributed by atoms with E-state index in [1.165, 1.54) is 5.56 Å². The largest absolute Gasteiger partial charge is 0.489 e. The highest BCUT2D eigenvalue weighted by molar-refractivity contribution is 5.74. The number of carbonyl (C=O) groups excluding carboxylic acids is 1. The summed E-state index contributed by atoms with van der Waals surface area (Å²) in [5.41, 5.74) is 1.19. The Balaban J connectivity index is 1.70. The minimum Gasteiger partial charge on any atom is -0.489 e. The van der Waals surface area contributed by atoms with Crippen LogP contribution >= 0.6 is 0 Å². The molecule has 22 heavy (non-hydrogen) atoms. The highest BCUT2D eigenvalue weighted by atomic mass is 16.5. The number of rotatable bonds is 5. The van der Waals surface area contributed by atoms with Gasteiger partial charge in [0.2, 0.25) is 0 Å². The van der Waals surface area contributed by atoms with Gasteiger partial charge in [-0.05, 0) is 44.7 Å². The van der Waals surface area contributed by atoms with Crippen LogP contribution < -0.4 is 10.1 Å². The molecular weight excluding hydrogens is 280 g/mol. The summed E-state index contributed by atoms with van der Waals surface area (Å²) in [6.45, 7) is 6.10. The highest BCUT2D eigenvalue weighted by Crippen LogP contribution is 2.16. The summed E-state index contributed by atoms with van der Waals surface area (Å²) in [5.74, 6) is 1.16. The predicted molar refractivity (Wildman–Crippen MR) is 86.1 cm³/mol. The zero-order valence-electron chi connectivity index (χ0n) is 13.4. The Kier molecular flexibility index (Phi) is 6.07. The Hall–Kier alpha value is -1.75. The maximum Gasteiger partial charge on any atom is 0.317 e. The minimum atomic E-state index is -0.0818. The fourth-order valence-electron chi connectivity index (χ4n) is 2.55. The number of piperidine rings is 1. The molecule has 5 nitrogen and oxygen atoms in total. The molecule has 0 saturated carbocycles. The smallest absolute Gasteiger partial charge is 0.317 e. The lowest BCUT2D eigenvalue weighted by Crippen LogP contribution is -2.47. The number of aryl methyl sites for hydroxylation is 1. The number of nitrogens with zero attached hydrogens (tertiary/aromatic N) is 1. The zero-order chi connectivity index (χ0) is 15.9. The van der Waals surface area contributed by atoms with E-state index in [1.54, 1.807) is 0 Å². The molecule has 0 unspecified atom stereocenters. The number of ether oxygens (including phenoxy) is 1. The van der Waals surface area contributed by atoms with Gasteiger partial charge in [0.15, 0.2) is 0 Å². The number of aliphatic hydroxyl groups excluding tert-OH is 1. The molecule has 0 bridgehead atoms. The average molecular weight is 306 g/mol. The molecule has 0 radical (unpaired) electrons. The molecule has 2 amide bonds. The van der Waals surface area contributed by atoms with Crippen LogP contribution in [0.1, 0.15) is 25.3 Å². The lowest BCUT2D eigenvalue weighted by molar-refractivity contribution is 0.134. The molecule has 5 heteroatoms. The third-order valence-electron chi connectivity index (χ3n) is 4.06. The maximum absolute atomic E-state index is 12.1. The SMILES string of the molecule is Cc1ccc(O[C@H](C)CNC(=O)N2CCC(CO)CC2)cc1. The quantitative estimate of drug-likeness (QED) is 0.876. The van der Waals surface area contributed by atoms with Crippen LogP contribution in [-0.4, -0.2) is 48.4 Å². The summed E-state index contributed by atoms with van der Waals surface area (Å²) in [6.07, 6.45) is 1.67. The van der Waals surface area contributed by atoms with Crippen molar-refractivity contribution in [3.05, 3.63) is 29.8 Å². The van der Waals surface area contributed by atoms with Gasteiger partial charge < -0.3 is 20.1 Å². The Labute approximate surface area is 132 Å². The maximum atomic E-state index is 12.1. The second-order valence-corrected chi connectivity index (χ2v) is 6.04. The third-order valence-corrected chi connectivity index (χ3v) is 4.06. The van der Waals surface area contributed by atoms with Crippen molar-refractivity contribution in [2.24, 2.45) is 5.92 Å². The van der Waals surface area contributed by atoms with Crippen molar-refractivity contribution in [3.63, 3.8) is 0 Å². The van der Waals surface area contributed by atoms with E-state index in [1.807, 2.05) is 43.0 Å². The second kappa shape index (κ2) is 8.03.